The Kier molecular flexibility index (Phi) is 6.06. The third-order valence-electron chi connectivity index (χ3n) is 4.17. The summed E-state index contributed by atoms with van der Waals surface area (Å²) in [5.74, 6) is 0.310. The smallest absolute Gasteiger partial charge is 0.223 e. The van der Waals surface area contributed by atoms with Gasteiger partial charge in [0.05, 0.1) is 0 Å². The Morgan fingerprint density at radius 2 is 1.78 bits per heavy atom. The van der Waals surface area contributed by atoms with E-state index in [4.69, 9.17) is 4.74 Å². The number of halogens is 2. The molecule has 6 heteroatoms. The summed E-state index contributed by atoms with van der Waals surface area (Å²) in [4.78, 5) is 8.89. The van der Waals surface area contributed by atoms with Gasteiger partial charge >= 0.3 is 0 Å². The van der Waals surface area contributed by atoms with E-state index in [0.717, 1.165) is 23.7 Å². The highest BCUT2D eigenvalue weighted by Gasteiger charge is 2.10. The predicted octanol–water partition coefficient (Wildman–Crippen LogP) is 6.02. The first-order valence-electron chi connectivity index (χ1n) is 8.64. The lowest BCUT2D eigenvalue weighted by Gasteiger charge is -2.10. The number of nitrogens with zero attached hydrogens (tertiary/aromatic N) is 2. The monoisotopic (exact) mass is 386 g/mol. The molecule has 0 saturated heterocycles. The normalized spacial score (nSPS) is 10.9. The van der Waals surface area contributed by atoms with Gasteiger partial charge in [0, 0.05) is 23.6 Å². The van der Waals surface area contributed by atoms with E-state index in [1.807, 2.05) is 39.0 Å². The van der Waals surface area contributed by atoms with Crippen LogP contribution in [0.15, 0.2) is 47.6 Å². The standard InChI is InChI=1S/C21H20F2N2OS/c1-4-17-11-20(26-18-8-5-13(2)14(3)9-18)25-21(24-17)27-12-15-6-7-16(22)10-19(15)23/h5-11H,4,12H2,1-3H3. The van der Waals surface area contributed by atoms with Gasteiger partial charge in [-0.05, 0) is 55.2 Å². The number of rotatable bonds is 6. The second-order valence-corrected chi connectivity index (χ2v) is 7.15. The van der Waals surface area contributed by atoms with E-state index in [0.29, 0.717) is 28.1 Å². The van der Waals surface area contributed by atoms with E-state index >= 15 is 0 Å². The number of hydrogen-bond donors (Lipinski definition) is 0. The number of aryl methyl sites for hydroxylation is 3. The van der Waals surface area contributed by atoms with Crippen molar-refractivity contribution in [1.29, 1.82) is 0 Å². The minimum atomic E-state index is -0.588. The zero-order chi connectivity index (χ0) is 19.4. The van der Waals surface area contributed by atoms with Crippen LogP contribution >= 0.6 is 11.8 Å². The SMILES string of the molecule is CCc1cc(Oc2ccc(C)c(C)c2)nc(SCc2ccc(F)cc2F)n1. The van der Waals surface area contributed by atoms with Gasteiger partial charge in [0.2, 0.25) is 5.88 Å². The lowest BCUT2D eigenvalue weighted by molar-refractivity contribution is 0.453. The van der Waals surface area contributed by atoms with E-state index in [9.17, 15) is 8.78 Å². The summed E-state index contributed by atoms with van der Waals surface area (Å²) in [6.07, 6.45) is 0.726. The average Bonchev–Trinajstić information content (AvgIpc) is 2.64. The van der Waals surface area contributed by atoms with Gasteiger partial charge in [-0.3, -0.25) is 0 Å². The Bertz CT molecular complexity index is 963. The minimum absolute atomic E-state index is 0.308. The van der Waals surface area contributed by atoms with E-state index in [1.54, 1.807) is 6.07 Å². The minimum Gasteiger partial charge on any atom is -0.439 e. The number of thioether (sulfide) groups is 1. The average molecular weight is 386 g/mol. The van der Waals surface area contributed by atoms with Crippen molar-refractivity contribution in [1.82, 2.24) is 9.97 Å². The van der Waals surface area contributed by atoms with Crippen LogP contribution in [0.5, 0.6) is 11.6 Å². The Morgan fingerprint density at radius 3 is 2.48 bits per heavy atom. The fourth-order valence-corrected chi connectivity index (χ4v) is 3.28. The number of hydrogen-bond acceptors (Lipinski definition) is 4. The third kappa shape index (κ3) is 5.04. The summed E-state index contributed by atoms with van der Waals surface area (Å²) < 4.78 is 32.8. The molecule has 2 aromatic carbocycles. The molecule has 0 radical (unpaired) electrons. The molecule has 0 atom stereocenters. The van der Waals surface area contributed by atoms with E-state index in [-0.39, 0.29) is 0 Å². The largest absolute Gasteiger partial charge is 0.439 e. The predicted molar refractivity (Wildman–Crippen MR) is 103 cm³/mol. The quantitative estimate of drug-likeness (QED) is 0.383. The molecule has 0 aliphatic heterocycles. The summed E-state index contributed by atoms with van der Waals surface area (Å²) in [6.45, 7) is 6.07. The van der Waals surface area contributed by atoms with Crippen molar-refractivity contribution in [3.8, 4) is 11.6 Å². The first-order valence-corrected chi connectivity index (χ1v) is 9.63. The first kappa shape index (κ1) is 19.3. The van der Waals surface area contributed by atoms with E-state index in [2.05, 4.69) is 9.97 Å². The summed E-state index contributed by atoms with van der Waals surface area (Å²) in [5.41, 5.74) is 3.57. The fraction of sp³-hybridized carbons (Fsp3) is 0.238. The molecule has 0 unspecified atom stereocenters. The molecular weight excluding hydrogens is 366 g/mol. The number of ether oxygens (including phenoxy) is 1. The molecule has 1 heterocycles. The molecule has 1 aromatic heterocycles. The van der Waals surface area contributed by atoms with Crippen molar-refractivity contribution in [2.45, 2.75) is 38.1 Å². The maximum absolute atomic E-state index is 13.8. The van der Waals surface area contributed by atoms with Crippen LogP contribution < -0.4 is 4.74 Å². The molecule has 3 aromatic rings. The van der Waals surface area contributed by atoms with Crippen LogP contribution in [-0.4, -0.2) is 9.97 Å². The Labute approximate surface area is 161 Å². The van der Waals surface area contributed by atoms with Crippen LogP contribution in [0.3, 0.4) is 0 Å². The van der Waals surface area contributed by atoms with Crippen molar-refractivity contribution in [2.75, 3.05) is 0 Å². The van der Waals surface area contributed by atoms with Crippen molar-refractivity contribution >= 4 is 11.8 Å². The summed E-state index contributed by atoms with van der Waals surface area (Å²) in [6, 6.07) is 11.2. The molecule has 27 heavy (non-hydrogen) atoms. The van der Waals surface area contributed by atoms with Gasteiger partial charge in [-0.15, -0.1) is 0 Å². The van der Waals surface area contributed by atoms with Gasteiger partial charge in [-0.25, -0.2) is 13.8 Å². The van der Waals surface area contributed by atoms with Crippen LogP contribution in [0.1, 0.15) is 29.3 Å². The van der Waals surface area contributed by atoms with Crippen LogP contribution in [-0.2, 0) is 12.2 Å². The second-order valence-electron chi connectivity index (χ2n) is 6.21. The van der Waals surface area contributed by atoms with E-state index < -0.39 is 11.6 Å². The van der Waals surface area contributed by atoms with Crippen molar-refractivity contribution in [3.63, 3.8) is 0 Å². The molecule has 140 valence electrons. The van der Waals surface area contributed by atoms with Crippen molar-refractivity contribution < 1.29 is 13.5 Å². The maximum Gasteiger partial charge on any atom is 0.223 e. The molecule has 3 rings (SSSR count). The maximum atomic E-state index is 13.8. The summed E-state index contributed by atoms with van der Waals surface area (Å²) in [5, 5.41) is 0.497. The molecule has 0 amide bonds. The van der Waals surface area contributed by atoms with Crippen molar-refractivity contribution in [2.24, 2.45) is 0 Å². The van der Waals surface area contributed by atoms with Crippen LogP contribution in [0.2, 0.25) is 0 Å². The Balaban J connectivity index is 1.79. The lowest BCUT2D eigenvalue weighted by atomic mass is 10.1. The molecule has 0 bridgehead atoms. The van der Waals surface area contributed by atoms with E-state index in [1.165, 1.54) is 29.5 Å². The molecule has 0 N–H and O–H groups in total. The van der Waals surface area contributed by atoms with Crippen LogP contribution in [0.4, 0.5) is 8.78 Å². The van der Waals surface area contributed by atoms with Crippen molar-refractivity contribution in [3.05, 3.63) is 76.5 Å². The first-order chi connectivity index (χ1) is 12.9. The Hall–Kier alpha value is -2.47. The molecule has 0 aliphatic carbocycles. The molecule has 0 spiro atoms. The summed E-state index contributed by atoms with van der Waals surface area (Å²) in [7, 11) is 0. The highest BCUT2D eigenvalue weighted by molar-refractivity contribution is 7.98. The second kappa shape index (κ2) is 8.48. The molecule has 0 fully saturated rings. The summed E-state index contributed by atoms with van der Waals surface area (Å²) >= 11 is 1.29. The zero-order valence-electron chi connectivity index (χ0n) is 15.4. The molecule has 0 aliphatic rings. The fourth-order valence-electron chi connectivity index (χ4n) is 2.43. The lowest BCUT2D eigenvalue weighted by Crippen LogP contribution is -1.98. The highest BCUT2D eigenvalue weighted by Crippen LogP contribution is 2.27. The van der Waals surface area contributed by atoms with Crippen LogP contribution in [0, 0.1) is 25.5 Å². The van der Waals surface area contributed by atoms with Gasteiger partial charge in [-0.1, -0.05) is 30.8 Å². The zero-order valence-corrected chi connectivity index (χ0v) is 16.2. The van der Waals surface area contributed by atoms with Gasteiger partial charge in [0.15, 0.2) is 5.16 Å². The van der Waals surface area contributed by atoms with Crippen LogP contribution in [0.25, 0.3) is 0 Å². The molecule has 0 saturated carbocycles. The Morgan fingerprint density at radius 1 is 0.963 bits per heavy atom. The topological polar surface area (TPSA) is 35.0 Å². The third-order valence-corrected chi connectivity index (χ3v) is 5.07. The number of benzene rings is 2. The van der Waals surface area contributed by atoms with Gasteiger partial charge in [0.1, 0.15) is 17.4 Å². The highest BCUT2D eigenvalue weighted by atomic mass is 32.2. The van der Waals surface area contributed by atoms with Gasteiger partial charge in [-0.2, -0.15) is 4.98 Å². The molecule has 3 nitrogen and oxygen atoms in total. The molecular formula is C21H20F2N2OS. The number of aromatic nitrogens is 2. The van der Waals surface area contributed by atoms with Gasteiger partial charge in [0.25, 0.3) is 0 Å². The van der Waals surface area contributed by atoms with Gasteiger partial charge < -0.3 is 4.74 Å².